The van der Waals surface area contributed by atoms with Crippen LogP contribution in [0.1, 0.15) is 35.0 Å². The summed E-state index contributed by atoms with van der Waals surface area (Å²) in [5.41, 5.74) is 3.79. The van der Waals surface area contributed by atoms with E-state index in [9.17, 15) is 13.2 Å². The highest BCUT2D eigenvalue weighted by Gasteiger charge is 2.31. The van der Waals surface area contributed by atoms with E-state index in [4.69, 9.17) is 0 Å². The average Bonchev–Trinajstić information content (AvgIpc) is 3.09. The van der Waals surface area contributed by atoms with Crippen LogP contribution in [-0.2, 0) is 27.6 Å². The Balaban J connectivity index is 1.72. The first-order chi connectivity index (χ1) is 12.3. The van der Waals surface area contributed by atoms with Gasteiger partial charge < -0.3 is 4.90 Å². The van der Waals surface area contributed by atoms with Crippen LogP contribution in [0.25, 0.3) is 0 Å². The molecule has 1 aliphatic rings. The van der Waals surface area contributed by atoms with E-state index >= 15 is 0 Å². The number of hydrogen-bond donors (Lipinski definition) is 0. The Hall–Kier alpha value is -2.15. The molecule has 3 rings (SSSR count). The third-order valence-electron chi connectivity index (χ3n) is 5.05. The number of hydrogen-bond acceptors (Lipinski definition) is 4. The number of benzene rings is 1. The van der Waals surface area contributed by atoms with Crippen molar-refractivity contribution in [1.82, 2.24) is 14.7 Å². The van der Waals surface area contributed by atoms with Crippen LogP contribution in [0.5, 0.6) is 0 Å². The van der Waals surface area contributed by atoms with Gasteiger partial charge in [-0.25, -0.2) is 8.42 Å². The first-order valence-corrected chi connectivity index (χ1v) is 10.6. The Morgan fingerprint density at radius 2 is 1.96 bits per heavy atom. The Bertz CT molecular complexity index is 904. The topological polar surface area (TPSA) is 72.3 Å². The molecule has 0 saturated carbocycles. The van der Waals surface area contributed by atoms with E-state index in [1.54, 1.807) is 11.9 Å². The number of likely N-dealkylation sites (N-methyl/N-ethyl adjacent to an activating group) is 1. The Morgan fingerprint density at radius 3 is 2.58 bits per heavy atom. The molecule has 2 heterocycles. The molecule has 1 aliphatic heterocycles. The fourth-order valence-corrected chi connectivity index (χ4v) is 5.17. The Morgan fingerprint density at radius 1 is 1.27 bits per heavy atom. The number of sulfone groups is 1. The molecule has 1 aromatic carbocycles. The molecule has 2 aromatic rings. The van der Waals surface area contributed by atoms with Crippen LogP contribution in [0.15, 0.2) is 30.3 Å². The van der Waals surface area contributed by atoms with Gasteiger partial charge in [-0.2, -0.15) is 5.10 Å². The standard InChI is InChI=1S/C19H25N3O3S/c1-14-18(12-21(3)19(23)11-16-7-5-4-6-8-16)15(2)22(20-14)17-9-10-26(24,25)13-17/h4-8,17H,9-13H2,1-3H3/t17-/m1/s1. The summed E-state index contributed by atoms with van der Waals surface area (Å²) in [4.78, 5) is 14.2. The highest BCUT2D eigenvalue weighted by molar-refractivity contribution is 7.91. The number of carbonyl (C=O) groups is 1. The second kappa shape index (κ2) is 7.23. The van der Waals surface area contributed by atoms with Crippen molar-refractivity contribution < 1.29 is 13.2 Å². The molecule has 26 heavy (non-hydrogen) atoms. The van der Waals surface area contributed by atoms with Crippen molar-refractivity contribution in [1.29, 1.82) is 0 Å². The summed E-state index contributed by atoms with van der Waals surface area (Å²) in [5, 5.41) is 4.57. The fraction of sp³-hybridized carbons (Fsp3) is 0.474. The molecule has 0 spiro atoms. The molecule has 1 saturated heterocycles. The van der Waals surface area contributed by atoms with Gasteiger partial charge in [-0.1, -0.05) is 30.3 Å². The summed E-state index contributed by atoms with van der Waals surface area (Å²) < 4.78 is 25.4. The van der Waals surface area contributed by atoms with Gasteiger partial charge in [0.05, 0.1) is 29.7 Å². The zero-order chi connectivity index (χ0) is 18.9. The summed E-state index contributed by atoms with van der Waals surface area (Å²) in [6.07, 6.45) is 0.969. The number of amides is 1. The van der Waals surface area contributed by atoms with Crippen LogP contribution in [0.2, 0.25) is 0 Å². The van der Waals surface area contributed by atoms with Crippen molar-refractivity contribution in [2.45, 2.75) is 39.3 Å². The lowest BCUT2D eigenvalue weighted by Crippen LogP contribution is -2.28. The minimum absolute atomic E-state index is 0.0474. The summed E-state index contributed by atoms with van der Waals surface area (Å²) >= 11 is 0. The first kappa shape index (κ1) is 18.6. The molecule has 1 aromatic heterocycles. The van der Waals surface area contributed by atoms with Crippen LogP contribution in [0.4, 0.5) is 0 Å². The SMILES string of the molecule is Cc1nn([C@@H]2CCS(=O)(=O)C2)c(C)c1CN(C)C(=O)Cc1ccccc1. The second-order valence-electron chi connectivity index (χ2n) is 7.06. The van der Waals surface area contributed by atoms with E-state index in [0.29, 0.717) is 19.4 Å². The van der Waals surface area contributed by atoms with Crippen molar-refractivity contribution in [3.8, 4) is 0 Å². The van der Waals surface area contributed by atoms with Crippen molar-refractivity contribution in [3.63, 3.8) is 0 Å². The van der Waals surface area contributed by atoms with E-state index in [0.717, 1.165) is 22.5 Å². The minimum atomic E-state index is -2.96. The zero-order valence-electron chi connectivity index (χ0n) is 15.5. The number of aryl methyl sites for hydroxylation is 1. The number of nitrogens with zero attached hydrogens (tertiary/aromatic N) is 3. The minimum Gasteiger partial charge on any atom is -0.341 e. The molecule has 140 valence electrons. The Labute approximate surface area is 154 Å². The van der Waals surface area contributed by atoms with Crippen molar-refractivity contribution >= 4 is 15.7 Å². The molecule has 6 nitrogen and oxygen atoms in total. The molecular formula is C19H25N3O3S. The third-order valence-corrected chi connectivity index (χ3v) is 6.80. The van der Waals surface area contributed by atoms with Gasteiger partial charge >= 0.3 is 0 Å². The average molecular weight is 375 g/mol. The lowest BCUT2D eigenvalue weighted by Gasteiger charge is -2.18. The zero-order valence-corrected chi connectivity index (χ0v) is 16.3. The molecule has 0 N–H and O–H groups in total. The molecule has 1 fully saturated rings. The molecule has 7 heteroatoms. The quantitative estimate of drug-likeness (QED) is 0.802. The van der Waals surface area contributed by atoms with Gasteiger partial charge in [0.2, 0.25) is 5.91 Å². The van der Waals surface area contributed by atoms with Crippen LogP contribution in [0, 0.1) is 13.8 Å². The number of rotatable bonds is 5. The lowest BCUT2D eigenvalue weighted by atomic mass is 10.1. The van der Waals surface area contributed by atoms with E-state index in [1.165, 1.54) is 0 Å². The van der Waals surface area contributed by atoms with Gasteiger partial charge in [0.1, 0.15) is 0 Å². The monoisotopic (exact) mass is 375 g/mol. The van der Waals surface area contributed by atoms with Gasteiger partial charge in [-0.3, -0.25) is 9.48 Å². The van der Waals surface area contributed by atoms with E-state index in [-0.39, 0.29) is 23.5 Å². The largest absolute Gasteiger partial charge is 0.341 e. The van der Waals surface area contributed by atoms with Crippen molar-refractivity contribution in [2.24, 2.45) is 0 Å². The third kappa shape index (κ3) is 3.98. The highest BCUT2D eigenvalue weighted by Crippen LogP contribution is 2.27. The predicted molar refractivity (Wildman–Crippen MR) is 101 cm³/mol. The van der Waals surface area contributed by atoms with E-state index in [2.05, 4.69) is 5.10 Å². The van der Waals surface area contributed by atoms with E-state index in [1.807, 2.05) is 48.9 Å². The first-order valence-electron chi connectivity index (χ1n) is 8.80. The smallest absolute Gasteiger partial charge is 0.227 e. The molecule has 0 unspecified atom stereocenters. The maximum atomic E-state index is 12.5. The summed E-state index contributed by atoms with van der Waals surface area (Å²) in [6.45, 7) is 4.34. The van der Waals surface area contributed by atoms with Gasteiger partial charge in [0, 0.05) is 24.8 Å². The van der Waals surface area contributed by atoms with Gasteiger partial charge in [-0.05, 0) is 25.8 Å². The van der Waals surface area contributed by atoms with Gasteiger partial charge in [0.15, 0.2) is 9.84 Å². The van der Waals surface area contributed by atoms with E-state index < -0.39 is 9.84 Å². The highest BCUT2D eigenvalue weighted by atomic mass is 32.2. The van der Waals surface area contributed by atoms with Crippen LogP contribution in [-0.4, -0.2) is 47.6 Å². The van der Waals surface area contributed by atoms with Crippen LogP contribution in [0.3, 0.4) is 0 Å². The maximum Gasteiger partial charge on any atom is 0.227 e. The molecule has 0 bridgehead atoms. The van der Waals surface area contributed by atoms with Crippen LogP contribution >= 0.6 is 0 Å². The molecule has 0 radical (unpaired) electrons. The summed E-state index contributed by atoms with van der Waals surface area (Å²) in [5.74, 6) is 0.420. The molecule has 1 amide bonds. The van der Waals surface area contributed by atoms with Crippen molar-refractivity contribution in [3.05, 3.63) is 52.8 Å². The second-order valence-corrected chi connectivity index (χ2v) is 9.29. The maximum absolute atomic E-state index is 12.5. The molecule has 0 aliphatic carbocycles. The van der Waals surface area contributed by atoms with Crippen molar-refractivity contribution in [2.75, 3.05) is 18.6 Å². The fourth-order valence-electron chi connectivity index (χ4n) is 3.48. The number of carbonyl (C=O) groups excluding carboxylic acids is 1. The lowest BCUT2D eigenvalue weighted by molar-refractivity contribution is -0.129. The van der Waals surface area contributed by atoms with Gasteiger partial charge in [0.25, 0.3) is 0 Å². The Kier molecular flexibility index (Phi) is 5.18. The normalized spacial score (nSPS) is 18.8. The van der Waals surface area contributed by atoms with Gasteiger partial charge in [-0.15, -0.1) is 0 Å². The summed E-state index contributed by atoms with van der Waals surface area (Å²) in [7, 11) is -1.17. The predicted octanol–water partition coefficient (Wildman–Crippen LogP) is 2.06. The molecular weight excluding hydrogens is 350 g/mol. The number of aromatic nitrogens is 2. The van der Waals surface area contributed by atoms with Crippen LogP contribution < -0.4 is 0 Å². The summed E-state index contributed by atoms with van der Waals surface area (Å²) in [6, 6.07) is 9.58. The molecule has 1 atom stereocenters.